The zero-order chi connectivity index (χ0) is 17.3. The highest BCUT2D eigenvalue weighted by Crippen LogP contribution is 2.25. The standard InChI is InChI=1S/C19H24N2O3/c1-12-3-5-16-15(9-12)14(11-20-16)4-6-18(22)21-8-7-13(2)10-17(21)19(23)24/h3,5,9,11,13,17,20H,4,6-8,10H2,1-2H3,(H,23,24). The highest BCUT2D eigenvalue weighted by atomic mass is 16.4. The number of piperidine rings is 1. The number of hydrogen-bond acceptors (Lipinski definition) is 2. The van der Waals surface area contributed by atoms with Crippen molar-refractivity contribution in [3.8, 4) is 0 Å². The smallest absolute Gasteiger partial charge is 0.326 e. The van der Waals surface area contributed by atoms with Gasteiger partial charge in [-0.2, -0.15) is 0 Å². The number of hydrogen-bond donors (Lipinski definition) is 2. The number of aliphatic carboxylic acids is 1. The molecular weight excluding hydrogens is 304 g/mol. The first-order chi connectivity index (χ1) is 11.5. The Bertz CT molecular complexity index is 765. The monoisotopic (exact) mass is 328 g/mol. The van der Waals surface area contributed by atoms with Gasteiger partial charge in [-0.1, -0.05) is 18.6 Å². The Kier molecular flexibility index (Phi) is 4.60. The van der Waals surface area contributed by atoms with Gasteiger partial charge in [0.25, 0.3) is 0 Å². The average molecular weight is 328 g/mol. The van der Waals surface area contributed by atoms with Gasteiger partial charge < -0.3 is 15.0 Å². The lowest BCUT2D eigenvalue weighted by molar-refractivity contribution is -0.153. The summed E-state index contributed by atoms with van der Waals surface area (Å²) >= 11 is 0. The molecule has 1 saturated heterocycles. The molecule has 1 aromatic carbocycles. The minimum atomic E-state index is -0.891. The molecule has 2 unspecified atom stereocenters. The number of carbonyl (C=O) groups is 2. The summed E-state index contributed by atoms with van der Waals surface area (Å²) in [5.41, 5.74) is 3.36. The van der Waals surface area contributed by atoms with Crippen LogP contribution in [0.4, 0.5) is 0 Å². The molecule has 3 rings (SSSR count). The van der Waals surface area contributed by atoms with Gasteiger partial charge in [-0.25, -0.2) is 4.79 Å². The molecule has 1 aliphatic rings. The van der Waals surface area contributed by atoms with E-state index in [9.17, 15) is 14.7 Å². The predicted octanol–water partition coefficient (Wildman–Crippen LogP) is 3.12. The van der Waals surface area contributed by atoms with E-state index < -0.39 is 12.0 Å². The summed E-state index contributed by atoms with van der Waals surface area (Å²) in [5.74, 6) is -0.597. The van der Waals surface area contributed by atoms with Gasteiger partial charge >= 0.3 is 5.97 Å². The van der Waals surface area contributed by atoms with E-state index >= 15 is 0 Å². The van der Waals surface area contributed by atoms with Crippen molar-refractivity contribution in [3.05, 3.63) is 35.5 Å². The number of nitrogens with zero attached hydrogens (tertiary/aromatic N) is 1. The quantitative estimate of drug-likeness (QED) is 0.905. The molecule has 5 nitrogen and oxygen atoms in total. The molecule has 1 aromatic heterocycles. The summed E-state index contributed by atoms with van der Waals surface area (Å²) in [6, 6.07) is 5.54. The van der Waals surface area contributed by atoms with Crippen molar-refractivity contribution in [1.29, 1.82) is 0 Å². The lowest BCUT2D eigenvalue weighted by atomic mass is 9.92. The molecule has 128 valence electrons. The van der Waals surface area contributed by atoms with Crippen LogP contribution in [0.2, 0.25) is 0 Å². The topological polar surface area (TPSA) is 73.4 Å². The summed E-state index contributed by atoms with van der Waals surface area (Å²) < 4.78 is 0. The second kappa shape index (κ2) is 6.67. The number of aryl methyl sites for hydroxylation is 2. The van der Waals surface area contributed by atoms with Gasteiger partial charge in [-0.15, -0.1) is 0 Å². The summed E-state index contributed by atoms with van der Waals surface area (Å²) in [6.07, 6.45) is 4.35. The van der Waals surface area contributed by atoms with Crippen LogP contribution in [-0.2, 0) is 16.0 Å². The number of fused-ring (bicyclic) bond motifs is 1. The number of rotatable bonds is 4. The zero-order valence-corrected chi connectivity index (χ0v) is 14.2. The largest absolute Gasteiger partial charge is 0.480 e. The van der Waals surface area contributed by atoms with Crippen molar-refractivity contribution < 1.29 is 14.7 Å². The molecule has 1 amide bonds. The number of aromatic amines is 1. The Labute approximate surface area is 141 Å². The number of likely N-dealkylation sites (tertiary alicyclic amines) is 1. The molecule has 0 spiro atoms. The van der Waals surface area contributed by atoms with Gasteiger partial charge in [0.05, 0.1) is 0 Å². The fourth-order valence-electron chi connectivity index (χ4n) is 3.56. The molecule has 2 atom stereocenters. The van der Waals surface area contributed by atoms with Crippen molar-refractivity contribution in [2.24, 2.45) is 5.92 Å². The van der Waals surface area contributed by atoms with E-state index in [2.05, 4.69) is 17.1 Å². The molecule has 0 bridgehead atoms. The maximum Gasteiger partial charge on any atom is 0.326 e. The molecule has 0 radical (unpaired) electrons. The van der Waals surface area contributed by atoms with Gasteiger partial charge in [0.2, 0.25) is 5.91 Å². The lowest BCUT2D eigenvalue weighted by Gasteiger charge is -2.36. The third kappa shape index (κ3) is 3.30. The highest BCUT2D eigenvalue weighted by Gasteiger charge is 2.34. The molecule has 2 N–H and O–H groups in total. The molecule has 1 aliphatic heterocycles. The van der Waals surface area contributed by atoms with Crippen molar-refractivity contribution in [2.45, 2.75) is 45.6 Å². The summed E-state index contributed by atoms with van der Waals surface area (Å²) in [5, 5.41) is 10.5. The van der Waals surface area contributed by atoms with Crippen molar-refractivity contribution >= 4 is 22.8 Å². The molecule has 5 heteroatoms. The number of H-pyrrole nitrogens is 1. The molecule has 1 fully saturated rings. The van der Waals surface area contributed by atoms with Gasteiger partial charge in [-0.05, 0) is 49.8 Å². The van der Waals surface area contributed by atoms with Crippen LogP contribution in [0, 0.1) is 12.8 Å². The molecule has 0 aliphatic carbocycles. The zero-order valence-electron chi connectivity index (χ0n) is 14.2. The first kappa shape index (κ1) is 16.6. The number of aromatic nitrogens is 1. The van der Waals surface area contributed by atoms with Crippen molar-refractivity contribution in [2.75, 3.05) is 6.54 Å². The first-order valence-electron chi connectivity index (χ1n) is 8.54. The lowest BCUT2D eigenvalue weighted by Crippen LogP contribution is -2.49. The van der Waals surface area contributed by atoms with Gasteiger partial charge in [0, 0.05) is 30.1 Å². The SMILES string of the molecule is Cc1ccc2[nH]cc(CCC(=O)N3CCC(C)CC3C(=O)O)c2c1. The Morgan fingerprint density at radius 1 is 1.38 bits per heavy atom. The van der Waals surface area contributed by atoms with E-state index in [4.69, 9.17) is 0 Å². The number of nitrogens with one attached hydrogen (secondary N) is 1. The van der Waals surface area contributed by atoms with Crippen LogP contribution in [0.25, 0.3) is 10.9 Å². The first-order valence-corrected chi connectivity index (χ1v) is 8.54. The van der Waals surface area contributed by atoms with Crippen molar-refractivity contribution in [3.63, 3.8) is 0 Å². The average Bonchev–Trinajstić information content (AvgIpc) is 2.94. The van der Waals surface area contributed by atoms with E-state index in [1.165, 1.54) is 5.56 Å². The van der Waals surface area contributed by atoms with Crippen LogP contribution in [0.15, 0.2) is 24.4 Å². The van der Waals surface area contributed by atoms with Gasteiger partial charge in [0.1, 0.15) is 6.04 Å². The molecule has 2 heterocycles. The fraction of sp³-hybridized carbons (Fsp3) is 0.474. The van der Waals surface area contributed by atoms with Crippen LogP contribution < -0.4 is 0 Å². The molecule has 2 aromatic rings. The van der Waals surface area contributed by atoms with E-state index in [-0.39, 0.29) is 5.91 Å². The van der Waals surface area contributed by atoms with Crippen LogP contribution in [0.1, 0.15) is 37.3 Å². The van der Waals surface area contributed by atoms with Crippen LogP contribution in [0.5, 0.6) is 0 Å². The maximum atomic E-state index is 12.6. The minimum absolute atomic E-state index is 0.0590. The van der Waals surface area contributed by atoms with Crippen LogP contribution >= 0.6 is 0 Å². The molecule has 24 heavy (non-hydrogen) atoms. The van der Waals surface area contributed by atoms with Crippen molar-refractivity contribution in [1.82, 2.24) is 9.88 Å². The normalized spacial score (nSPS) is 21.2. The number of carboxylic acid groups (broad SMARTS) is 1. The highest BCUT2D eigenvalue weighted by molar-refractivity contribution is 5.86. The summed E-state index contributed by atoms with van der Waals surface area (Å²) in [7, 11) is 0. The number of carbonyl (C=O) groups excluding carboxylic acids is 1. The second-order valence-corrected chi connectivity index (χ2v) is 6.93. The fourth-order valence-corrected chi connectivity index (χ4v) is 3.56. The second-order valence-electron chi connectivity index (χ2n) is 6.93. The maximum absolute atomic E-state index is 12.6. The Hall–Kier alpha value is -2.30. The number of amides is 1. The Morgan fingerprint density at radius 2 is 2.17 bits per heavy atom. The molecular formula is C19H24N2O3. The predicted molar refractivity (Wildman–Crippen MR) is 92.9 cm³/mol. The van der Waals surface area contributed by atoms with Crippen LogP contribution in [-0.4, -0.2) is 39.5 Å². The summed E-state index contributed by atoms with van der Waals surface area (Å²) in [4.78, 5) is 28.8. The third-order valence-corrected chi connectivity index (χ3v) is 5.00. The van der Waals surface area contributed by atoms with E-state index in [1.807, 2.05) is 26.1 Å². The Morgan fingerprint density at radius 3 is 2.92 bits per heavy atom. The van der Waals surface area contributed by atoms with E-state index in [0.717, 1.165) is 22.9 Å². The van der Waals surface area contributed by atoms with Gasteiger partial charge in [-0.3, -0.25) is 4.79 Å². The number of carboxylic acids is 1. The molecule has 0 saturated carbocycles. The minimum Gasteiger partial charge on any atom is -0.480 e. The Balaban J connectivity index is 1.70. The summed E-state index contributed by atoms with van der Waals surface area (Å²) in [6.45, 7) is 4.64. The van der Waals surface area contributed by atoms with E-state index in [0.29, 0.717) is 31.7 Å². The number of benzene rings is 1. The van der Waals surface area contributed by atoms with E-state index in [1.54, 1.807) is 4.90 Å². The van der Waals surface area contributed by atoms with Gasteiger partial charge in [0.15, 0.2) is 0 Å². The van der Waals surface area contributed by atoms with Crippen LogP contribution in [0.3, 0.4) is 0 Å². The third-order valence-electron chi connectivity index (χ3n) is 5.00.